The molecule has 98 valence electrons. The maximum Gasteiger partial charge on any atom is 0.257 e. The summed E-state index contributed by atoms with van der Waals surface area (Å²) >= 11 is 20.0. The summed E-state index contributed by atoms with van der Waals surface area (Å²) in [7, 11) is 0. The highest BCUT2D eigenvalue weighted by atomic mass is 127. The van der Waals surface area contributed by atoms with Crippen molar-refractivity contribution in [3.05, 3.63) is 60.6 Å². The Morgan fingerprint density at radius 3 is 2.37 bits per heavy atom. The van der Waals surface area contributed by atoms with Gasteiger partial charge in [-0.2, -0.15) is 0 Å². The van der Waals surface area contributed by atoms with Gasteiger partial charge in [-0.3, -0.25) is 4.79 Å². The van der Waals surface area contributed by atoms with Crippen LogP contribution in [0, 0.1) is 3.57 Å². The average molecular weight is 426 g/mol. The Morgan fingerprint density at radius 1 is 1.00 bits per heavy atom. The third kappa shape index (κ3) is 3.75. The van der Waals surface area contributed by atoms with E-state index in [0.29, 0.717) is 26.3 Å². The molecule has 0 aliphatic heterocycles. The van der Waals surface area contributed by atoms with Crippen LogP contribution in [0.15, 0.2) is 36.4 Å². The smallest absolute Gasteiger partial charge is 0.257 e. The summed E-state index contributed by atoms with van der Waals surface area (Å²) in [6.45, 7) is 0. The molecule has 0 aromatic heterocycles. The molecule has 2 rings (SSSR count). The number of halogens is 4. The predicted octanol–water partition coefficient (Wildman–Crippen LogP) is 5.50. The van der Waals surface area contributed by atoms with Gasteiger partial charge in [-0.1, -0.05) is 34.8 Å². The average Bonchev–Trinajstić information content (AvgIpc) is 2.32. The molecule has 0 fully saturated rings. The number of rotatable bonds is 2. The van der Waals surface area contributed by atoms with Crippen molar-refractivity contribution in [3.63, 3.8) is 0 Å². The van der Waals surface area contributed by atoms with Crippen LogP contribution in [0.4, 0.5) is 5.69 Å². The van der Waals surface area contributed by atoms with E-state index in [-0.39, 0.29) is 5.91 Å². The molecule has 0 aliphatic rings. The Bertz CT molecular complexity index is 646. The molecule has 1 amide bonds. The fourth-order valence-corrected chi connectivity index (χ4v) is 2.85. The molecular formula is C13H7Cl3INO. The maximum absolute atomic E-state index is 12.1. The summed E-state index contributed by atoms with van der Waals surface area (Å²) in [4.78, 5) is 12.1. The minimum Gasteiger partial charge on any atom is -0.321 e. The van der Waals surface area contributed by atoms with Gasteiger partial charge in [0.15, 0.2) is 0 Å². The molecule has 19 heavy (non-hydrogen) atoms. The van der Waals surface area contributed by atoms with Crippen LogP contribution in [0.3, 0.4) is 0 Å². The highest BCUT2D eigenvalue weighted by molar-refractivity contribution is 14.1. The predicted molar refractivity (Wildman–Crippen MR) is 88.6 cm³/mol. The minimum atomic E-state index is -0.329. The lowest BCUT2D eigenvalue weighted by Gasteiger charge is -2.09. The van der Waals surface area contributed by atoms with Crippen molar-refractivity contribution < 1.29 is 4.79 Å². The number of carbonyl (C=O) groups is 1. The standard InChI is InChI=1S/C13H7Cl3INO/c14-7-1-3-9(10(15)5-7)13(19)18-12-4-2-8(17)6-11(12)16/h1-6H,(H,18,19). The van der Waals surface area contributed by atoms with Crippen LogP contribution < -0.4 is 5.32 Å². The van der Waals surface area contributed by atoms with E-state index < -0.39 is 0 Å². The summed E-state index contributed by atoms with van der Waals surface area (Å²) in [5.41, 5.74) is 0.888. The van der Waals surface area contributed by atoms with Crippen molar-refractivity contribution in [2.24, 2.45) is 0 Å². The summed E-state index contributed by atoms with van der Waals surface area (Å²) < 4.78 is 0.991. The molecule has 0 saturated carbocycles. The van der Waals surface area contributed by atoms with E-state index in [4.69, 9.17) is 34.8 Å². The van der Waals surface area contributed by atoms with Gasteiger partial charge in [0.2, 0.25) is 0 Å². The van der Waals surface area contributed by atoms with E-state index in [0.717, 1.165) is 3.57 Å². The maximum atomic E-state index is 12.1. The number of hydrogen-bond donors (Lipinski definition) is 1. The van der Waals surface area contributed by atoms with Crippen LogP contribution in [0.1, 0.15) is 10.4 Å². The van der Waals surface area contributed by atoms with Crippen LogP contribution in [0.25, 0.3) is 0 Å². The topological polar surface area (TPSA) is 29.1 Å². The Labute approximate surface area is 139 Å². The highest BCUT2D eigenvalue weighted by Gasteiger charge is 2.12. The third-order valence-electron chi connectivity index (χ3n) is 2.36. The van der Waals surface area contributed by atoms with Crippen LogP contribution in [-0.4, -0.2) is 5.91 Å². The van der Waals surface area contributed by atoms with Gasteiger partial charge in [-0.15, -0.1) is 0 Å². The SMILES string of the molecule is O=C(Nc1ccc(I)cc1Cl)c1ccc(Cl)cc1Cl. The largest absolute Gasteiger partial charge is 0.321 e. The first-order valence-corrected chi connectivity index (χ1v) is 7.40. The summed E-state index contributed by atoms with van der Waals surface area (Å²) in [5, 5.41) is 3.97. The molecule has 0 atom stereocenters. The van der Waals surface area contributed by atoms with Gasteiger partial charge in [0.1, 0.15) is 0 Å². The van der Waals surface area contributed by atoms with Crippen molar-refractivity contribution in [1.82, 2.24) is 0 Å². The van der Waals surface area contributed by atoms with Crippen molar-refractivity contribution >= 4 is 69.0 Å². The molecule has 1 N–H and O–H groups in total. The molecule has 0 spiro atoms. The first kappa shape index (κ1) is 14.9. The second-order valence-electron chi connectivity index (χ2n) is 3.70. The second kappa shape index (κ2) is 6.31. The molecule has 0 heterocycles. The summed E-state index contributed by atoms with van der Waals surface area (Å²) in [6.07, 6.45) is 0. The zero-order valence-electron chi connectivity index (χ0n) is 9.38. The van der Waals surface area contributed by atoms with Crippen LogP contribution in [-0.2, 0) is 0 Å². The number of anilines is 1. The van der Waals surface area contributed by atoms with Gasteiger partial charge in [-0.25, -0.2) is 0 Å². The van der Waals surface area contributed by atoms with Gasteiger partial charge >= 0.3 is 0 Å². The van der Waals surface area contributed by atoms with E-state index in [1.165, 1.54) is 6.07 Å². The molecule has 2 aromatic rings. The quantitative estimate of drug-likeness (QED) is 0.631. The van der Waals surface area contributed by atoms with Gasteiger partial charge in [-0.05, 0) is 59.0 Å². The Balaban J connectivity index is 2.25. The van der Waals surface area contributed by atoms with Gasteiger partial charge in [0.05, 0.1) is 21.3 Å². The van der Waals surface area contributed by atoms with Gasteiger partial charge < -0.3 is 5.32 Å². The molecule has 6 heteroatoms. The molecule has 0 saturated heterocycles. The third-order valence-corrected chi connectivity index (χ3v) is 3.89. The molecule has 2 aromatic carbocycles. The number of benzene rings is 2. The Kier molecular flexibility index (Phi) is 4.95. The van der Waals surface area contributed by atoms with Crippen molar-refractivity contribution in [3.8, 4) is 0 Å². The minimum absolute atomic E-state index is 0.298. The van der Waals surface area contributed by atoms with E-state index in [9.17, 15) is 4.79 Å². The second-order valence-corrected chi connectivity index (χ2v) is 6.20. The first-order chi connectivity index (χ1) is 8.97. The van der Waals surface area contributed by atoms with E-state index in [1.807, 2.05) is 6.07 Å². The lowest BCUT2D eigenvalue weighted by molar-refractivity contribution is 0.102. The first-order valence-electron chi connectivity index (χ1n) is 5.19. The number of hydrogen-bond acceptors (Lipinski definition) is 1. The van der Waals surface area contributed by atoms with Crippen molar-refractivity contribution in [2.75, 3.05) is 5.32 Å². The lowest BCUT2D eigenvalue weighted by Crippen LogP contribution is -2.12. The lowest BCUT2D eigenvalue weighted by atomic mass is 10.2. The van der Waals surface area contributed by atoms with Gasteiger partial charge in [0, 0.05) is 8.59 Å². The van der Waals surface area contributed by atoms with Crippen molar-refractivity contribution in [2.45, 2.75) is 0 Å². The number of nitrogens with one attached hydrogen (secondary N) is 1. The summed E-state index contributed by atoms with van der Waals surface area (Å²) in [5.74, 6) is -0.329. The fraction of sp³-hybridized carbons (Fsp3) is 0. The van der Waals surface area contributed by atoms with Gasteiger partial charge in [0.25, 0.3) is 5.91 Å². The van der Waals surface area contributed by atoms with Crippen LogP contribution >= 0.6 is 57.4 Å². The zero-order chi connectivity index (χ0) is 14.0. The molecule has 0 bridgehead atoms. The van der Waals surface area contributed by atoms with Crippen molar-refractivity contribution in [1.29, 1.82) is 0 Å². The Morgan fingerprint density at radius 2 is 1.74 bits per heavy atom. The van der Waals surface area contributed by atoms with E-state index in [2.05, 4.69) is 27.9 Å². The van der Waals surface area contributed by atoms with Crippen LogP contribution in [0.5, 0.6) is 0 Å². The molecule has 2 nitrogen and oxygen atoms in total. The molecule has 0 radical (unpaired) electrons. The summed E-state index contributed by atoms with van der Waals surface area (Å²) in [6, 6.07) is 10.1. The fourth-order valence-electron chi connectivity index (χ4n) is 1.45. The Hall–Kier alpha value is -0.490. The van der Waals surface area contributed by atoms with E-state index >= 15 is 0 Å². The zero-order valence-corrected chi connectivity index (χ0v) is 13.8. The van der Waals surface area contributed by atoms with Crippen LogP contribution in [0.2, 0.25) is 15.1 Å². The van der Waals surface area contributed by atoms with E-state index in [1.54, 1.807) is 24.3 Å². The molecule has 0 unspecified atom stereocenters. The monoisotopic (exact) mass is 425 g/mol. The number of carbonyl (C=O) groups excluding carboxylic acids is 1. The normalized spacial score (nSPS) is 10.3. The molecular weight excluding hydrogens is 419 g/mol. The highest BCUT2D eigenvalue weighted by Crippen LogP contribution is 2.26. The number of amides is 1. The molecule has 0 aliphatic carbocycles.